The van der Waals surface area contributed by atoms with Crippen LogP contribution >= 0.6 is 0 Å². The van der Waals surface area contributed by atoms with E-state index in [-0.39, 0.29) is 35.4 Å². The fraction of sp³-hybridized carbons (Fsp3) is 0.588. The van der Waals surface area contributed by atoms with Crippen LogP contribution < -0.4 is 15.4 Å². The van der Waals surface area contributed by atoms with Gasteiger partial charge in [-0.2, -0.15) is 0 Å². The topological polar surface area (TPSA) is 87.7 Å². The summed E-state index contributed by atoms with van der Waals surface area (Å²) in [6.45, 7) is 1.02. The van der Waals surface area contributed by atoms with Gasteiger partial charge in [0, 0.05) is 30.9 Å². The number of amides is 2. The quantitative estimate of drug-likeness (QED) is 0.779. The zero-order valence-electron chi connectivity index (χ0n) is 15.0. The van der Waals surface area contributed by atoms with Gasteiger partial charge in [0.05, 0.1) is 11.5 Å². The van der Waals surface area contributed by atoms with E-state index in [0.29, 0.717) is 38.0 Å². The number of hydrogen-bond donors (Lipinski definition) is 2. The number of alkyl halides is 3. The minimum Gasteiger partial charge on any atom is -0.406 e. The fourth-order valence-corrected chi connectivity index (χ4v) is 5.14. The van der Waals surface area contributed by atoms with Gasteiger partial charge in [-0.1, -0.05) is 0 Å². The van der Waals surface area contributed by atoms with E-state index in [0.717, 1.165) is 12.1 Å². The second-order valence-electron chi connectivity index (χ2n) is 7.03. The van der Waals surface area contributed by atoms with Crippen molar-refractivity contribution in [2.45, 2.75) is 37.7 Å². The lowest BCUT2D eigenvalue weighted by Gasteiger charge is -2.33. The number of ether oxygens (including phenoxy) is 1. The average Bonchev–Trinajstić information content (AvgIpc) is 2.94. The van der Waals surface area contributed by atoms with Crippen molar-refractivity contribution < 1.29 is 31.1 Å². The van der Waals surface area contributed by atoms with Gasteiger partial charge in [0.2, 0.25) is 0 Å². The molecule has 2 heterocycles. The summed E-state index contributed by atoms with van der Waals surface area (Å²) >= 11 is 0. The molecule has 0 radical (unpaired) electrons. The molecule has 2 N–H and O–H groups in total. The molecule has 0 aliphatic carbocycles. The van der Waals surface area contributed by atoms with E-state index in [1.165, 1.54) is 12.1 Å². The minimum atomic E-state index is -4.76. The van der Waals surface area contributed by atoms with Gasteiger partial charge in [0.15, 0.2) is 9.84 Å². The number of nitrogens with one attached hydrogen (secondary N) is 2. The third-order valence-electron chi connectivity index (χ3n) is 4.83. The summed E-state index contributed by atoms with van der Waals surface area (Å²) in [7, 11) is -2.93. The van der Waals surface area contributed by atoms with E-state index in [1.807, 2.05) is 0 Å². The number of urea groups is 1. The zero-order chi connectivity index (χ0) is 20.4. The summed E-state index contributed by atoms with van der Waals surface area (Å²) in [4.78, 5) is 14.0. The van der Waals surface area contributed by atoms with Crippen LogP contribution in [0.2, 0.25) is 0 Å². The maximum absolute atomic E-state index is 12.3. The van der Waals surface area contributed by atoms with E-state index in [1.54, 1.807) is 4.90 Å². The normalized spacial score (nSPS) is 22.8. The number of sulfone groups is 1. The lowest BCUT2D eigenvalue weighted by Crippen LogP contribution is -2.49. The largest absolute Gasteiger partial charge is 0.573 e. The third-order valence-corrected chi connectivity index (χ3v) is 6.59. The third kappa shape index (κ3) is 5.99. The van der Waals surface area contributed by atoms with Gasteiger partial charge in [-0.25, -0.2) is 13.2 Å². The first-order valence-corrected chi connectivity index (χ1v) is 10.8. The Morgan fingerprint density at radius 1 is 1.07 bits per heavy atom. The highest BCUT2D eigenvalue weighted by Gasteiger charge is 2.32. The predicted molar refractivity (Wildman–Crippen MR) is 96.9 cm³/mol. The van der Waals surface area contributed by atoms with E-state index in [2.05, 4.69) is 15.4 Å². The molecule has 28 heavy (non-hydrogen) atoms. The minimum absolute atomic E-state index is 0.0205. The maximum Gasteiger partial charge on any atom is 0.573 e. The second kappa shape index (κ2) is 8.16. The van der Waals surface area contributed by atoms with E-state index in [4.69, 9.17) is 0 Å². The van der Waals surface area contributed by atoms with Gasteiger partial charge in [0.25, 0.3) is 0 Å². The first kappa shape index (κ1) is 20.7. The molecule has 2 aliphatic heterocycles. The van der Waals surface area contributed by atoms with Crippen molar-refractivity contribution in [2.75, 3.05) is 29.9 Å². The summed E-state index contributed by atoms with van der Waals surface area (Å²) in [5, 5.41) is 6.01. The Balaban J connectivity index is 1.44. The lowest BCUT2D eigenvalue weighted by molar-refractivity contribution is -0.274. The SMILES string of the molecule is O=C(Nc1ccc(OC(F)(F)F)cc1)N1CCC(N[C@@H]2CCS(=O)(=O)C2)CC1. The Kier molecular flexibility index (Phi) is 6.04. The number of likely N-dealkylation sites (tertiary alicyclic amines) is 1. The Morgan fingerprint density at radius 3 is 2.25 bits per heavy atom. The van der Waals surface area contributed by atoms with E-state index < -0.39 is 16.2 Å². The van der Waals surface area contributed by atoms with Crippen LogP contribution in [-0.4, -0.2) is 62.4 Å². The number of benzene rings is 1. The summed E-state index contributed by atoms with van der Waals surface area (Å²) in [5.41, 5.74) is 0.371. The molecule has 0 saturated carbocycles. The molecule has 0 spiro atoms. The Hall–Kier alpha value is -2.01. The standard InChI is InChI=1S/C17H22F3N3O4S/c18-17(19,20)27-15-3-1-12(2-4-15)22-16(24)23-8-5-13(6-9-23)21-14-7-10-28(25,26)11-14/h1-4,13-14,21H,5-11H2,(H,22,24)/t14-/m1/s1. The van der Waals surface area contributed by atoms with Crippen LogP contribution in [-0.2, 0) is 9.84 Å². The zero-order valence-corrected chi connectivity index (χ0v) is 15.9. The van der Waals surface area contributed by atoms with Gasteiger partial charge in [0.1, 0.15) is 5.75 Å². The van der Waals surface area contributed by atoms with Crippen molar-refractivity contribution in [3.05, 3.63) is 24.3 Å². The summed E-state index contributed by atoms with van der Waals surface area (Å²) in [6.07, 6.45) is -2.71. The molecule has 2 aliphatic rings. The number of rotatable bonds is 4. The molecule has 1 atom stereocenters. The Bertz CT molecular complexity index is 791. The number of piperidine rings is 1. The average molecular weight is 421 g/mol. The Morgan fingerprint density at radius 2 is 1.71 bits per heavy atom. The molecular formula is C17H22F3N3O4S. The predicted octanol–water partition coefficient (Wildman–Crippen LogP) is 2.36. The highest BCUT2D eigenvalue weighted by molar-refractivity contribution is 7.91. The molecule has 0 unspecified atom stereocenters. The first-order valence-electron chi connectivity index (χ1n) is 8.98. The van der Waals surface area contributed by atoms with Crippen LogP contribution in [0.3, 0.4) is 0 Å². The highest BCUT2D eigenvalue weighted by Crippen LogP contribution is 2.24. The van der Waals surface area contributed by atoms with Gasteiger partial charge in [-0.15, -0.1) is 13.2 Å². The summed E-state index contributed by atoms with van der Waals surface area (Å²) in [6, 6.07) is 4.77. The highest BCUT2D eigenvalue weighted by atomic mass is 32.2. The number of halogens is 3. The van der Waals surface area contributed by atoms with Gasteiger partial charge < -0.3 is 20.3 Å². The van der Waals surface area contributed by atoms with Crippen LogP contribution in [0.5, 0.6) is 5.75 Å². The molecule has 2 fully saturated rings. The molecular weight excluding hydrogens is 399 g/mol. The van der Waals surface area contributed by atoms with Crippen molar-refractivity contribution >= 4 is 21.6 Å². The number of hydrogen-bond acceptors (Lipinski definition) is 5. The lowest BCUT2D eigenvalue weighted by atomic mass is 10.0. The monoisotopic (exact) mass is 421 g/mol. The first-order chi connectivity index (χ1) is 13.1. The molecule has 1 aromatic carbocycles. The van der Waals surface area contributed by atoms with Crippen molar-refractivity contribution in [2.24, 2.45) is 0 Å². The number of nitrogens with zero attached hydrogens (tertiary/aromatic N) is 1. The molecule has 0 aromatic heterocycles. The van der Waals surface area contributed by atoms with Crippen LogP contribution in [0.1, 0.15) is 19.3 Å². The second-order valence-corrected chi connectivity index (χ2v) is 9.26. The molecule has 3 rings (SSSR count). The van der Waals surface area contributed by atoms with Crippen molar-refractivity contribution in [3.8, 4) is 5.75 Å². The summed E-state index contributed by atoms with van der Waals surface area (Å²) in [5.74, 6) is 0.0341. The van der Waals surface area contributed by atoms with Gasteiger partial charge >= 0.3 is 12.4 Å². The van der Waals surface area contributed by atoms with Crippen LogP contribution in [0, 0.1) is 0 Å². The Labute approximate surface area is 161 Å². The van der Waals surface area contributed by atoms with E-state index in [9.17, 15) is 26.4 Å². The smallest absolute Gasteiger partial charge is 0.406 e. The molecule has 2 amide bonds. The number of carbonyl (C=O) groups excluding carboxylic acids is 1. The molecule has 1 aromatic rings. The van der Waals surface area contributed by atoms with Crippen LogP contribution in [0.4, 0.5) is 23.7 Å². The van der Waals surface area contributed by atoms with Gasteiger partial charge in [-0.3, -0.25) is 0 Å². The van der Waals surface area contributed by atoms with Crippen molar-refractivity contribution in [1.82, 2.24) is 10.2 Å². The van der Waals surface area contributed by atoms with Crippen LogP contribution in [0.15, 0.2) is 24.3 Å². The molecule has 156 valence electrons. The molecule has 11 heteroatoms. The van der Waals surface area contributed by atoms with Crippen LogP contribution in [0.25, 0.3) is 0 Å². The molecule has 2 saturated heterocycles. The number of anilines is 1. The fourth-order valence-electron chi connectivity index (χ4n) is 3.45. The summed E-state index contributed by atoms with van der Waals surface area (Å²) < 4.78 is 63.3. The number of carbonyl (C=O) groups is 1. The molecule has 7 nitrogen and oxygen atoms in total. The van der Waals surface area contributed by atoms with Crippen molar-refractivity contribution in [3.63, 3.8) is 0 Å². The van der Waals surface area contributed by atoms with Crippen molar-refractivity contribution in [1.29, 1.82) is 0 Å². The molecule has 0 bridgehead atoms. The van der Waals surface area contributed by atoms with Gasteiger partial charge in [-0.05, 0) is 43.5 Å². The maximum atomic E-state index is 12.3. The van der Waals surface area contributed by atoms with E-state index >= 15 is 0 Å².